The van der Waals surface area contributed by atoms with Crippen LogP contribution in [-0.4, -0.2) is 67.8 Å². The number of para-hydroxylation sites is 1. The molecule has 1 atom stereocenters. The zero-order valence-corrected chi connectivity index (χ0v) is 22.0. The average molecular weight is 575 g/mol. The van der Waals surface area contributed by atoms with Crippen LogP contribution in [0.3, 0.4) is 0 Å². The molecule has 8 heteroatoms. The second-order valence-corrected chi connectivity index (χ2v) is 8.20. The Hall–Kier alpha value is -2.59. The van der Waals surface area contributed by atoms with Crippen LogP contribution < -0.4 is 10.6 Å². The second kappa shape index (κ2) is 13.3. The molecule has 7 nitrogen and oxygen atoms in total. The van der Waals surface area contributed by atoms with Gasteiger partial charge in [-0.15, -0.1) is 24.0 Å². The van der Waals surface area contributed by atoms with Crippen molar-refractivity contribution >= 4 is 46.7 Å². The summed E-state index contributed by atoms with van der Waals surface area (Å²) >= 11 is 0. The predicted molar refractivity (Wildman–Crippen MR) is 148 cm³/mol. The summed E-state index contributed by atoms with van der Waals surface area (Å²) in [7, 11) is 1.76. The summed E-state index contributed by atoms with van der Waals surface area (Å²) in [6.45, 7) is 4.69. The maximum absolute atomic E-state index is 13.3. The number of amides is 1. The molecule has 34 heavy (non-hydrogen) atoms. The zero-order valence-electron chi connectivity index (χ0n) is 19.7. The van der Waals surface area contributed by atoms with E-state index in [0.717, 1.165) is 25.1 Å². The van der Waals surface area contributed by atoms with Gasteiger partial charge in [0.05, 0.1) is 19.1 Å². The molecule has 1 aromatic heterocycles. The van der Waals surface area contributed by atoms with Gasteiger partial charge in [0.15, 0.2) is 5.96 Å². The Morgan fingerprint density at radius 3 is 2.53 bits per heavy atom. The molecular formula is C26H34IN5O2. The number of rotatable bonds is 8. The lowest BCUT2D eigenvalue weighted by Gasteiger charge is -2.31. The van der Waals surface area contributed by atoms with Crippen LogP contribution in [0.5, 0.6) is 0 Å². The van der Waals surface area contributed by atoms with Gasteiger partial charge < -0.3 is 24.8 Å². The molecule has 0 aliphatic carbocycles. The first-order valence-corrected chi connectivity index (χ1v) is 11.7. The molecule has 0 saturated carbocycles. The van der Waals surface area contributed by atoms with Crippen molar-refractivity contribution in [2.24, 2.45) is 4.99 Å². The molecule has 182 valence electrons. The van der Waals surface area contributed by atoms with Crippen LogP contribution in [-0.2, 0) is 16.1 Å². The van der Waals surface area contributed by atoms with Crippen molar-refractivity contribution in [2.45, 2.75) is 18.9 Å². The molecule has 3 aromatic rings. The first-order valence-electron chi connectivity index (χ1n) is 11.7. The highest BCUT2D eigenvalue weighted by atomic mass is 127. The summed E-state index contributed by atoms with van der Waals surface area (Å²) in [6, 6.07) is 20.5. The number of benzene rings is 2. The van der Waals surface area contributed by atoms with Gasteiger partial charge in [-0.2, -0.15) is 0 Å². The Balaban J connectivity index is 0.00000324. The third-order valence-electron chi connectivity index (χ3n) is 6.07. The van der Waals surface area contributed by atoms with Gasteiger partial charge in [0, 0.05) is 51.5 Å². The van der Waals surface area contributed by atoms with E-state index in [0.29, 0.717) is 38.8 Å². The number of aliphatic imine (C=N–C) groups is 1. The molecule has 0 radical (unpaired) electrons. The van der Waals surface area contributed by atoms with Crippen molar-refractivity contribution in [3.05, 3.63) is 72.4 Å². The maximum Gasteiger partial charge on any atom is 0.232 e. The van der Waals surface area contributed by atoms with Gasteiger partial charge in [-0.3, -0.25) is 9.79 Å². The molecular weight excluding hydrogens is 541 g/mol. The van der Waals surface area contributed by atoms with Gasteiger partial charge >= 0.3 is 0 Å². The number of morpholine rings is 1. The topological polar surface area (TPSA) is 70.9 Å². The molecule has 1 amide bonds. The minimum atomic E-state index is -0.269. The Morgan fingerprint density at radius 1 is 1.03 bits per heavy atom. The molecule has 0 spiro atoms. The van der Waals surface area contributed by atoms with Crippen molar-refractivity contribution < 1.29 is 9.53 Å². The van der Waals surface area contributed by atoms with E-state index in [9.17, 15) is 4.79 Å². The minimum absolute atomic E-state index is 0. The molecule has 1 fully saturated rings. The van der Waals surface area contributed by atoms with Crippen LogP contribution in [0.2, 0.25) is 0 Å². The molecule has 2 aromatic carbocycles. The predicted octanol–water partition coefficient (Wildman–Crippen LogP) is 3.46. The van der Waals surface area contributed by atoms with Crippen LogP contribution >= 0.6 is 24.0 Å². The highest BCUT2D eigenvalue weighted by Crippen LogP contribution is 2.19. The fourth-order valence-electron chi connectivity index (χ4n) is 4.25. The SMILES string of the molecule is CN=C(NCCCn1ccc2ccccc21)NCC(C(=O)N1CCOCC1)c1ccccc1.I. The van der Waals surface area contributed by atoms with Gasteiger partial charge in [-0.05, 0) is 29.5 Å². The Bertz CT molecular complexity index is 1060. The standard InChI is InChI=1S/C26H33N5O2.HI/c1-27-26(28-13-7-14-30-15-12-22-10-5-6-11-24(22)30)29-20-23(21-8-3-2-4-9-21)25(32)31-16-18-33-19-17-31;/h2-6,8-12,15,23H,7,13-14,16-20H2,1H3,(H2,27,28,29);1H. The van der Waals surface area contributed by atoms with Gasteiger partial charge in [0.2, 0.25) is 5.91 Å². The quantitative estimate of drug-likeness (QED) is 0.187. The summed E-state index contributed by atoms with van der Waals surface area (Å²) in [5.74, 6) is 0.573. The van der Waals surface area contributed by atoms with Crippen LogP contribution in [0.15, 0.2) is 71.9 Å². The largest absolute Gasteiger partial charge is 0.378 e. The van der Waals surface area contributed by atoms with Gasteiger partial charge in [0.1, 0.15) is 0 Å². The number of nitrogens with one attached hydrogen (secondary N) is 2. The summed E-state index contributed by atoms with van der Waals surface area (Å²) in [5, 5.41) is 8.01. The monoisotopic (exact) mass is 575 g/mol. The van der Waals surface area contributed by atoms with E-state index >= 15 is 0 Å². The van der Waals surface area contributed by atoms with E-state index in [-0.39, 0.29) is 35.8 Å². The lowest BCUT2D eigenvalue weighted by Crippen LogP contribution is -2.47. The molecule has 1 saturated heterocycles. The number of guanidine groups is 1. The number of hydrogen-bond donors (Lipinski definition) is 2. The van der Waals surface area contributed by atoms with Crippen molar-refractivity contribution in [1.29, 1.82) is 0 Å². The zero-order chi connectivity index (χ0) is 22.9. The number of carbonyl (C=O) groups excluding carboxylic acids is 1. The molecule has 1 aliphatic heterocycles. The van der Waals surface area contributed by atoms with Crippen LogP contribution in [0, 0.1) is 0 Å². The van der Waals surface area contributed by atoms with Crippen LogP contribution in [0.4, 0.5) is 0 Å². The van der Waals surface area contributed by atoms with E-state index in [1.165, 1.54) is 10.9 Å². The van der Waals surface area contributed by atoms with E-state index < -0.39 is 0 Å². The minimum Gasteiger partial charge on any atom is -0.378 e. The number of nitrogens with zero attached hydrogens (tertiary/aromatic N) is 3. The van der Waals surface area contributed by atoms with E-state index in [1.807, 2.05) is 35.2 Å². The molecule has 1 aliphatic rings. The Kier molecular flexibility index (Phi) is 10.2. The fraction of sp³-hybridized carbons (Fsp3) is 0.385. The highest BCUT2D eigenvalue weighted by Gasteiger charge is 2.27. The molecule has 0 bridgehead atoms. The van der Waals surface area contributed by atoms with Crippen molar-refractivity contribution in [2.75, 3.05) is 46.4 Å². The summed E-state index contributed by atoms with van der Waals surface area (Å²) in [4.78, 5) is 19.5. The van der Waals surface area contributed by atoms with E-state index in [1.54, 1.807) is 7.05 Å². The number of aromatic nitrogens is 1. The average Bonchev–Trinajstić information content (AvgIpc) is 3.29. The normalized spacial score (nSPS) is 15.0. The summed E-state index contributed by atoms with van der Waals surface area (Å²) in [6.07, 6.45) is 3.10. The Labute approximate surface area is 218 Å². The van der Waals surface area contributed by atoms with Crippen molar-refractivity contribution in [3.63, 3.8) is 0 Å². The third kappa shape index (κ3) is 6.73. The number of hydrogen-bond acceptors (Lipinski definition) is 3. The number of ether oxygens (including phenoxy) is 1. The molecule has 2 N–H and O–H groups in total. The Morgan fingerprint density at radius 2 is 1.76 bits per heavy atom. The lowest BCUT2D eigenvalue weighted by atomic mass is 9.97. The number of aryl methyl sites for hydroxylation is 1. The van der Waals surface area contributed by atoms with Gasteiger partial charge in [-0.1, -0.05) is 48.5 Å². The van der Waals surface area contributed by atoms with Gasteiger partial charge in [-0.25, -0.2) is 0 Å². The molecule has 2 heterocycles. The fourth-order valence-corrected chi connectivity index (χ4v) is 4.25. The first kappa shape index (κ1) is 26.0. The van der Waals surface area contributed by atoms with Gasteiger partial charge in [0.25, 0.3) is 0 Å². The summed E-state index contributed by atoms with van der Waals surface area (Å²) < 4.78 is 7.69. The van der Waals surface area contributed by atoms with E-state index in [2.05, 4.69) is 56.7 Å². The maximum atomic E-state index is 13.3. The highest BCUT2D eigenvalue weighted by molar-refractivity contribution is 14.0. The summed E-state index contributed by atoms with van der Waals surface area (Å²) in [5.41, 5.74) is 2.27. The van der Waals surface area contributed by atoms with Crippen molar-refractivity contribution in [1.82, 2.24) is 20.1 Å². The van der Waals surface area contributed by atoms with Crippen molar-refractivity contribution in [3.8, 4) is 0 Å². The van der Waals surface area contributed by atoms with E-state index in [4.69, 9.17) is 4.74 Å². The number of fused-ring (bicyclic) bond motifs is 1. The smallest absolute Gasteiger partial charge is 0.232 e. The number of carbonyl (C=O) groups is 1. The third-order valence-corrected chi connectivity index (χ3v) is 6.07. The molecule has 1 unspecified atom stereocenters. The lowest BCUT2D eigenvalue weighted by molar-refractivity contribution is -0.136. The second-order valence-electron chi connectivity index (χ2n) is 8.20. The van der Waals surface area contributed by atoms with Crippen LogP contribution in [0.1, 0.15) is 17.9 Å². The number of halogens is 1. The first-order chi connectivity index (χ1) is 16.3. The van der Waals surface area contributed by atoms with Crippen LogP contribution in [0.25, 0.3) is 10.9 Å². The molecule has 4 rings (SSSR count).